The fraction of sp³-hybridized carbons (Fsp3) is 0.0345. The minimum Gasteiger partial charge on any atom is -0.0622 e. The average molecular weight is 370 g/mol. The maximum absolute atomic E-state index is 2.32. The normalized spacial score (nSPS) is 10.9. The van der Waals surface area contributed by atoms with E-state index in [4.69, 9.17) is 0 Å². The van der Waals surface area contributed by atoms with Crippen LogP contribution in [0.5, 0.6) is 0 Å². The summed E-state index contributed by atoms with van der Waals surface area (Å²) in [4.78, 5) is 0. The molecule has 0 heteroatoms. The van der Waals surface area contributed by atoms with Crippen molar-refractivity contribution in [2.24, 2.45) is 0 Å². The van der Waals surface area contributed by atoms with Gasteiger partial charge < -0.3 is 0 Å². The minimum atomic E-state index is 1.24. The molecule has 0 N–H and O–H groups in total. The third kappa shape index (κ3) is 3.34. The van der Waals surface area contributed by atoms with Crippen LogP contribution in [0.1, 0.15) is 5.56 Å². The Balaban J connectivity index is 1.63. The number of aryl methyl sites for hydroxylation is 1. The number of hydrogen-bond donors (Lipinski definition) is 0. The summed E-state index contributed by atoms with van der Waals surface area (Å²) in [7, 11) is 0. The summed E-state index contributed by atoms with van der Waals surface area (Å²) in [6.45, 7) is 2.20. The fourth-order valence-electron chi connectivity index (χ4n) is 4.13. The van der Waals surface area contributed by atoms with E-state index in [1.165, 1.54) is 49.7 Å². The highest BCUT2D eigenvalue weighted by Crippen LogP contribution is 2.35. The van der Waals surface area contributed by atoms with E-state index in [1.54, 1.807) is 0 Å². The monoisotopic (exact) mass is 370 g/mol. The van der Waals surface area contributed by atoms with Crippen LogP contribution in [0, 0.1) is 6.92 Å². The first-order chi connectivity index (χ1) is 14.3. The fourth-order valence-corrected chi connectivity index (χ4v) is 4.13. The van der Waals surface area contributed by atoms with Crippen LogP contribution >= 0.6 is 0 Å². The first kappa shape index (κ1) is 17.5. The van der Waals surface area contributed by atoms with E-state index in [1.807, 2.05) is 0 Å². The highest BCUT2D eigenvalue weighted by atomic mass is 14.1. The highest BCUT2D eigenvalue weighted by Gasteiger charge is 2.09. The Hall–Kier alpha value is -3.64. The van der Waals surface area contributed by atoms with Crippen LogP contribution in [0.4, 0.5) is 0 Å². The van der Waals surface area contributed by atoms with E-state index >= 15 is 0 Å². The molecule has 0 aromatic heterocycles. The number of benzene rings is 5. The zero-order valence-corrected chi connectivity index (χ0v) is 16.5. The van der Waals surface area contributed by atoms with Gasteiger partial charge in [0.2, 0.25) is 0 Å². The topological polar surface area (TPSA) is 0 Å². The summed E-state index contributed by atoms with van der Waals surface area (Å²) in [5, 5.41) is 2.59. The molecule has 0 atom stereocenters. The second-order valence-corrected chi connectivity index (χ2v) is 7.51. The summed E-state index contributed by atoms with van der Waals surface area (Å²) in [6.07, 6.45) is 0. The highest BCUT2D eigenvalue weighted by molar-refractivity contribution is 5.98. The minimum absolute atomic E-state index is 1.24. The van der Waals surface area contributed by atoms with E-state index < -0.39 is 0 Å². The maximum Gasteiger partial charge on any atom is -0.00759 e. The van der Waals surface area contributed by atoms with Crippen molar-refractivity contribution in [3.63, 3.8) is 0 Å². The summed E-state index contributed by atoms with van der Waals surface area (Å²) < 4.78 is 0. The molecule has 138 valence electrons. The molecule has 0 spiro atoms. The summed E-state index contributed by atoms with van der Waals surface area (Å²) >= 11 is 0. The number of fused-ring (bicyclic) bond motifs is 1. The van der Waals surface area contributed by atoms with Crippen molar-refractivity contribution in [1.29, 1.82) is 0 Å². The molecule has 0 heterocycles. The molecule has 0 saturated carbocycles. The molecular weight excluding hydrogens is 348 g/mol. The molecule has 0 radical (unpaired) electrons. The van der Waals surface area contributed by atoms with Gasteiger partial charge in [0.25, 0.3) is 0 Å². The molecule has 5 aromatic carbocycles. The van der Waals surface area contributed by atoms with E-state index in [2.05, 4.69) is 122 Å². The average Bonchev–Trinajstić information content (AvgIpc) is 2.80. The van der Waals surface area contributed by atoms with Crippen LogP contribution in [-0.4, -0.2) is 0 Å². The first-order valence-corrected chi connectivity index (χ1v) is 10.0. The van der Waals surface area contributed by atoms with Gasteiger partial charge in [-0.25, -0.2) is 0 Å². The van der Waals surface area contributed by atoms with Crippen molar-refractivity contribution in [3.8, 4) is 33.4 Å². The maximum atomic E-state index is 2.32. The third-order valence-electron chi connectivity index (χ3n) is 5.59. The SMILES string of the molecule is Cc1ccc2ccccc2c1-c1cccc(-c2cccc(-c3ccccc3)c2)c1. The van der Waals surface area contributed by atoms with Crippen LogP contribution in [-0.2, 0) is 0 Å². The van der Waals surface area contributed by atoms with Gasteiger partial charge in [0.15, 0.2) is 0 Å². The van der Waals surface area contributed by atoms with Gasteiger partial charge in [-0.3, -0.25) is 0 Å². The third-order valence-corrected chi connectivity index (χ3v) is 5.59. The molecule has 29 heavy (non-hydrogen) atoms. The largest absolute Gasteiger partial charge is 0.0622 e. The van der Waals surface area contributed by atoms with Crippen LogP contribution in [0.25, 0.3) is 44.2 Å². The van der Waals surface area contributed by atoms with Gasteiger partial charge >= 0.3 is 0 Å². The lowest BCUT2D eigenvalue weighted by molar-refractivity contribution is 1.48. The van der Waals surface area contributed by atoms with Crippen molar-refractivity contribution in [3.05, 3.63) is 121 Å². The van der Waals surface area contributed by atoms with Gasteiger partial charge in [-0.15, -0.1) is 0 Å². The molecule has 5 rings (SSSR count). The Morgan fingerprint density at radius 2 is 0.966 bits per heavy atom. The first-order valence-electron chi connectivity index (χ1n) is 10.0. The van der Waals surface area contributed by atoms with Crippen LogP contribution in [0.2, 0.25) is 0 Å². The Bertz CT molecular complexity index is 1300. The van der Waals surface area contributed by atoms with Gasteiger partial charge in [0.05, 0.1) is 0 Å². The standard InChI is InChI=1S/C29H22/c1-21-17-18-23-11-5-6-16-28(23)29(21)27-15-8-14-26(20-27)25-13-7-12-24(19-25)22-9-3-2-4-10-22/h2-20H,1H3. The molecule has 0 aliphatic carbocycles. The second-order valence-electron chi connectivity index (χ2n) is 7.51. The van der Waals surface area contributed by atoms with Gasteiger partial charge in [-0.05, 0) is 68.8 Å². The molecule has 0 fully saturated rings. The number of rotatable bonds is 3. The van der Waals surface area contributed by atoms with E-state index in [0.717, 1.165) is 0 Å². The zero-order chi connectivity index (χ0) is 19.6. The molecule has 0 bridgehead atoms. The molecular formula is C29H22. The zero-order valence-electron chi connectivity index (χ0n) is 16.5. The molecule has 0 unspecified atom stereocenters. The predicted octanol–water partition coefficient (Wildman–Crippen LogP) is 8.15. The van der Waals surface area contributed by atoms with Crippen LogP contribution < -0.4 is 0 Å². The van der Waals surface area contributed by atoms with Crippen LogP contribution in [0.15, 0.2) is 115 Å². The van der Waals surface area contributed by atoms with Crippen molar-refractivity contribution < 1.29 is 0 Å². The second kappa shape index (κ2) is 7.41. The molecule has 0 aliphatic rings. The summed E-state index contributed by atoms with van der Waals surface area (Å²) in [5.41, 5.74) is 8.87. The van der Waals surface area contributed by atoms with Gasteiger partial charge in [0.1, 0.15) is 0 Å². The lowest BCUT2D eigenvalue weighted by Gasteiger charge is -2.13. The van der Waals surface area contributed by atoms with Gasteiger partial charge in [-0.1, -0.05) is 103 Å². The van der Waals surface area contributed by atoms with Crippen molar-refractivity contribution in [2.75, 3.05) is 0 Å². The molecule has 0 amide bonds. The van der Waals surface area contributed by atoms with Crippen LogP contribution in [0.3, 0.4) is 0 Å². The smallest absolute Gasteiger partial charge is 0.00759 e. The van der Waals surface area contributed by atoms with E-state index in [9.17, 15) is 0 Å². The molecule has 0 nitrogen and oxygen atoms in total. The quantitative estimate of drug-likeness (QED) is 0.300. The summed E-state index contributed by atoms with van der Waals surface area (Å²) in [5.74, 6) is 0. The van der Waals surface area contributed by atoms with E-state index in [0.29, 0.717) is 0 Å². The predicted molar refractivity (Wildman–Crippen MR) is 125 cm³/mol. The van der Waals surface area contributed by atoms with E-state index in [-0.39, 0.29) is 0 Å². The molecule has 0 aliphatic heterocycles. The summed E-state index contributed by atoms with van der Waals surface area (Å²) in [6, 6.07) is 41.3. The Morgan fingerprint density at radius 1 is 0.414 bits per heavy atom. The Morgan fingerprint density at radius 3 is 1.72 bits per heavy atom. The van der Waals surface area contributed by atoms with Crippen molar-refractivity contribution in [1.82, 2.24) is 0 Å². The Labute approximate surface area is 172 Å². The molecule has 5 aromatic rings. The Kier molecular flexibility index (Phi) is 4.46. The number of hydrogen-bond acceptors (Lipinski definition) is 0. The van der Waals surface area contributed by atoms with Gasteiger partial charge in [0, 0.05) is 0 Å². The molecule has 0 saturated heterocycles. The van der Waals surface area contributed by atoms with Crippen molar-refractivity contribution in [2.45, 2.75) is 6.92 Å². The van der Waals surface area contributed by atoms with Crippen molar-refractivity contribution >= 4 is 10.8 Å². The van der Waals surface area contributed by atoms with Gasteiger partial charge in [-0.2, -0.15) is 0 Å². The lowest BCUT2D eigenvalue weighted by Crippen LogP contribution is -1.88. The lowest BCUT2D eigenvalue weighted by atomic mass is 9.91.